The molecular weight excluding hydrogens is 250 g/mol. The summed E-state index contributed by atoms with van der Waals surface area (Å²) >= 11 is 0. The third kappa shape index (κ3) is 2.49. The highest BCUT2D eigenvalue weighted by Gasteiger charge is 2.20. The second-order valence-corrected chi connectivity index (χ2v) is 5.09. The standard InChI is InChI=1S/C17H19NO2/c1-12-9-14(19-2)7-8-16(12)18-17-11-20-10-13-5-3-4-6-15(13)17/h3-9,17-18H,10-11H2,1-2H3. The van der Waals surface area contributed by atoms with Crippen molar-refractivity contribution in [3.05, 3.63) is 59.2 Å². The zero-order valence-corrected chi connectivity index (χ0v) is 11.8. The summed E-state index contributed by atoms with van der Waals surface area (Å²) in [7, 11) is 1.69. The minimum absolute atomic E-state index is 0.201. The molecule has 1 atom stereocenters. The first-order chi connectivity index (χ1) is 9.78. The molecule has 1 N–H and O–H groups in total. The van der Waals surface area contributed by atoms with Gasteiger partial charge in [-0.25, -0.2) is 0 Å². The van der Waals surface area contributed by atoms with Gasteiger partial charge in [0, 0.05) is 5.69 Å². The van der Waals surface area contributed by atoms with Crippen molar-refractivity contribution in [3.63, 3.8) is 0 Å². The minimum atomic E-state index is 0.201. The molecule has 0 saturated heterocycles. The Hall–Kier alpha value is -2.00. The van der Waals surface area contributed by atoms with Crippen molar-refractivity contribution < 1.29 is 9.47 Å². The molecule has 3 rings (SSSR count). The number of benzene rings is 2. The molecule has 0 radical (unpaired) electrons. The monoisotopic (exact) mass is 269 g/mol. The summed E-state index contributed by atoms with van der Waals surface area (Å²) in [5.41, 5.74) is 4.89. The molecular formula is C17H19NO2. The lowest BCUT2D eigenvalue weighted by Gasteiger charge is -2.28. The molecule has 3 nitrogen and oxygen atoms in total. The number of hydrogen-bond donors (Lipinski definition) is 1. The summed E-state index contributed by atoms with van der Waals surface area (Å²) in [6.07, 6.45) is 0. The van der Waals surface area contributed by atoms with Gasteiger partial charge in [0.2, 0.25) is 0 Å². The first-order valence-corrected chi connectivity index (χ1v) is 6.84. The normalized spacial score (nSPS) is 17.4. The molecule has 0 fully saturated rings. The second-order valence-electron chi connectivity index (χ2n) is 5.09. The van der Waals surface area contributed by atoms with Crippen LogP contribution in [0.25, 0.3) is 0 Å². The Balaban J connectivity index is 1.85. The van der Waals surface area contributed by atoms with Crippen LogP contribution in [0.15, 0.2) is 42.5 Å². The highest BCUT2D eigenvalue weighted by molar-refractivity contribution is 5.55. The molecule has 0 aromatic heterocycles. The molecule has 104 valence electrons. The third-order valence-electron chi connectivity index (χ3n) is 3.74. The van der Waals surface area contributed by atoms with Crippen LogP contribution in [-0.2, 0) is 11.3 Å². The van der Waals surface area contributed by atoms with E-state index in [-0.39, 0.29) is 6.04 Å². The Labute approximate surface area is 119 Å². The molecule has 2 aromatic carbocycles. The van der Waals surface area contributed by atoms with Gasteiger partial charge < -0.3 is 14.8 Å². The van der Waals surface area contributed by atoms with Gasteiger partial charge in [-0.3, -0.25) is 0 Å². The van der Waals surface area contributed by atoms with Crippen LogP contribution in [0.1, 0.15) is 22.7 Å². The van der Waals surface area contributed by atoms with Gasteiger partial charge in [0.25, 0.3) is 0 Å². The van der Waals surface area contributed by atoms with Crippen molar-refractivity contribution >= 4 is 5.69 Å². The second kappa shape index (κ2) is 5.55. The lowest BCUT2D eigenvalue weighted by molar-refractivity contribution is 0.0970. The average molecular weight is 269 g/mol. The Morgan fingerprint density at radius 2 is 2.05 bits per heavy atom. The molecule has 0 amide bonds. The lowest BCUT2D eigenvalue weighted by Crippen LogP contribution is -2.23. The summed E-state index contributed by atoms with van der Waals surface area (Å²) in [4.78, 5) is 0. The van der Waals surface area contributed by atoms with Crippen molar-refractivity contribution in [1.29, 1.82) is 0 Å². The molecule has 1 unspecified atom stereocenters. The molecule has 1 aliphatic heterocycles. The first kappa shape index (κ1) is 13.0. The van der Waals surface area contributed by atoms with E-state index in [9.17, 15) is 0 Å². The summed E-state index contributed by atoms with van der Waals surface area (Å²) in [6.45, 7) is 3.48. The van der Waals surface area contributed by atoms with E-state index in [0.29, 0.717) is 13.2 Å². The predicted octanol–water partition coefficient (Wildman–Crippen LogP) is 3.69. The fourth-order valence-electron chi connectivity index (χ4n) is 2.61. The number of methoxy groups -OCH3 is 1. The van der Waals surface area contributed by atoms with E-state index in [1.165, 1.54) is 16.7 Å². The third-order valence-corrected chi connectivity index (χ3v) is 3.74. The van der Waals surface area contributed by atoms with Gasteiger partial charge in [-0.1, -0.05) is 24.3 Å². The van der Waals surface area contributed by atoms with Crippen LogP contribution < -0.4 is 10.1 Å². The zero-order valence-electron chi connectivity index (χ0n) is 11.8. The maximum absolute atomic E-state index is 5.68. The Kier molecular flexibility index (Phi) is 3.61. The number of ether oxygens (including phenoxy) is 2. The van der Waals surface area contributed by atoms with E-state index >= 15 is 0 Å². The summed E-state index contributed by atoms with van der Waals surface area (Å²) in [6, 6.07) is 14.7. The van der Waals surface area contributed by atoms with Crippen molar-refractivity contribution in [2.24, 2.45) is 0 Å². The van der Waals surface area contributed by atoms with Crippen LogP contribution in [0, 0.1) is 6.92 Å². The van der Waals surface area contributed by atoms with Crippen LogP contribution in [0.5, 0.6) is 5.75 Å². The smallest absolute Gasteiger partial charge is 0.119 e. The number of rotatable bonds is 3. The molecule has 0 aliphatic carbocycles. The summed E-state index contributed by atoms with van der Waals surface area (Å²) in [5.74, 6) is 0.883. The molecule has 1 aliphatic rings. The Morgan fingerprint density at radius 1 is 1.20 bits per heavy atom. The van der Waals surface area contributed by atoms with Gasteiger partial charge in [-0.2, -0.15) is 0 Å². The number of aryl methyl sites for hydroxylation is 1. The van der Waals surface area contributed by atoms with Gasteiger partial charge >= 0.3 is 0 Å². The Bertz CT molecular complexity index is 610. The largest absolute Gasteiger partial charge is 0.497 e. The van der Waals surface area contributed by atoms with Gasteiger partial charge in [0.05, 0.1) is 26.4 Å². The van der Waals surface area contributed by atoms with E-state index in [1.807, 2.05) is 12.1 Å². The quantitative estimate of drug-likeness (QED) is 0.922. The van der Waals surface area contributed by atoms with Crippen LogP contribution in [0.2, 0.25) is 0 Å². The lowest BCUT2D eigenvalue weighted by atomic mass is 9.98. The fourth-order valence-corrected chi connectivity index (χ4v) is 2.61. The van der Waals surface area contributed by atoms with Crippen molar-refractivity contribution in [2.75, 3.05) is 19.0 Å². The van der Waals surface area contributed by atoms with Gasteiger partial charge in [-0.05, 0) is 41.8 Å². The van der Waals surface area contributed by atoms with Crippen LogP contribution in [0.4, 0.5) is 5.69 Å². The Morgan fingerprint density at radius 3 is 2.85 bits per heavy atom. The van der Waals surface area contributed by atoms with Gasteiger partial charge in [0.15, 0.2) is 0 Å². The number of anilines is 1. The van der Waals surface area contributed by atoms with E-state index in [1.54, 1.807) is 7.11 Å². The summed E-state index contributed by atoms with van der Waals surface area (Å²) in [5, 5.41) is 3.58. The van der Waals surface area contributed by atoms with Gasteiger partial charge in [0.1, 0.15) is 5.75 Å². The molecule has 0 saturated carbocycles. The van der Waals surface area contributed by atoms with Crippen molar-refractivity contribution in [3.8, 4) is 5.75 Å². The molecule has 3 heteroatoms. The predicted molar refractivity (Wildman–Crippen MR) is 80.2 cm³/mol. The van der Waals surface area contributed by atoms with Crippen LogP contribution in [0.3, 0.4) is 0 Å². The maximum Gasteiger partial charge on any atom is 0.119 e. The SMILES string of the molecule is COc1ccc(NC2COCc3ccccc32)c(C)c1. The molecule has 0 bridgehead atoms. The number of fused-ring (bicyclic) bond motifs is 1. The topological polar surface area (TPSA) is 30.5 Å². The van der Waals surface area contributed by atoms with E-state index < -0.39 is 0 Å². The van der Waals surface area contributed by atoms with Crippen molar-refractivity contribution in [2.45, 2.75) is 19.6 Å². The molecule has 0 spiro atoms. The highest BCUT2D eigenvalue weighted by Crippen LogP contribution is 2.30. The summed E-state index contributed by atoms with van der Waals surface area (Å²) < 4.78 is 10.9. The fraction of sp³-hybridized carbons (Fsp3) is 0.294. The van der Waals surface area contributed by atoms with E-state index in [2.05, 4.69) is 42.6 Å². The van der Waals surface area contributed by atoms with E-state index in [4.69, 9.17) is 9.47 Å². The van der Waals surface area contributed by atoms with Crippen LogP contribution >= 0.6 is 0 Å². The van der Waals surface area contributed by atoms with Gasteiger partial charge in [-0.15, -0.1) is 0 Å². The average Bonchev–Trinajstić information content (AvgIpc) is 2.49. The number of nitrogens with one attached hydrogen (secondary N) is 1. The maximum atomic E-state index is 5.68. The molecule has 2 aromatic rings. The molecule has 1 heterocycles. The zero-order chi connectivity index (χ0) is 13.9. The number of hydrogen-bond acceptors (Lipinski definition) is 3. The van der Waals surface area contributed by atoms with E-state index in [0.717, 1.165) is 11.4 Å². The van der Waals surface area contributed by atoms with Crippen molar-refractivity contribution in [1.82, 2.24) is 0 Å². The highest BCUT2D eigenvalue weighted by atomic mass is 16.5. The minimum Gasteiger partial charge on any atom is -0.497 e. The first-order valence-electron chi connectivity index (χ1n) is 6.84. The molecule has 20 heavy (non-hydrogen) atoms. The van der Waals surface area contributed by atoms with Crippen LogP contribution in [-0.4, -0.2) is 13.7 Å².